The summed E-state index contributed by atoms with van der Waals surface area (Å²) in [6, 6.07) is 7.34. The fourth-order valence-corrected chi connectivity index (χ4v) is 2.28. The van der Waals surface area contributed by atoms with Gasteiger partial charge in [0.25, 0.3) is 0 Å². The van der Waals surface area contributed by atoms with Gasteiger partial charge in [-0.2, -0.15) is 5.10 Å². The molecule has 2 rings (SSSR count). The van der Waals surface area contributed by atoms with Crippen LogP contribution >= 0.6 is 0 Å². The molecule has 0 saturated heterocycles. The average molecular weight is 362 g/mol. The molecule has 9 heteroatoms. The first-order valence-electron chi connectivity index (χ1n) is 8.04. The van der Waals surface area contributed by atoms with Crippen molar-refractivity contribution in [3.05, 3.63) is 57.4 Å². The zero-order chi connectivity index (χ0) is 19.3. The highest BCUT2D eigenvalue weighted by molar-refractivity contribution is 5.67. The molecule has 0 unspecified atom stereocenters. The van der Waals surface area contributed by atoms with E-state index in [-0.39, 0.29) is 11.4 Å². The molecule has 1 aromatic heterocycles. The van der Waals surface area contributed by atoms with Crippen LogP contribution in [0.15, 0.2) is 30.5 Å². The molecule has 0 aliphatic carbocycles. The first-order valence-corrected chi connectivity index (χ1v) is 8.04. The van der Waals surface area contributed by atoms with E-state index in [4.69, 9.17) is 4.74 Å². The lowest BCUT2D eigenvalue weighted by Gasteiger charge is -2.19. The summed E-state index contributed by atoms with van der Waals surface area (Å²) in [5.74, 6) is 0. The van der Waals surface area contributed by atoms with Gasteiger partial charge in [-0.15, -0.1) is 0 Å². The lowest BCUT2D eigenvalue weighted by atomic mass is 10.1. The Hall–Kier alpha value is -2.94. The molecular weight excluding hydrogens is 340 g/mol. The quantitative estimate of drug-likeness (QED) is 0.601. The lowest BCUT2D eigenvalue weighted by molar-refractivity contribution is -0.386. The van der Waals surface area contributed by atoms with Gasteiger partial charge in [-0.25, -0.2) is 4.79 Å². The summed E-state index contributed by atoms with van der Waals surface area (Å²) < 4.78 is 6.56. The first-order chi connectivity index (χ1) is 12.2. The van der Waals surface area contributed by atoms with Crippen LogP contribution in [-0.4, -0.2) is 31.5 Å². The molecule has 0 saturated carbocycles. The van der Waals surface area contributed by atoms with Crippen molar-refractivity contribution in [2.24, 2.45) is 0 Å². The zero-order valence-corrected chi connectivity index (χ0v) is 14.9. The molecule has 1 heterocycles. The molecule has 0 aliphatic heterocycles. The first kappa shape index (κ1) is 19.4. The molecule has 26 heavy (non-hydrogen) atoms. The minimum Gasteiger partial charge on any atom is -0.444 e. The van der Waals surface area contributed by atoms with Crippen LogP contribution in [0.1, 0.15) is 37.6 Å². The molecule has 1 aromatic carbocycles. The second-order valence-corrected chi connectivity index (χ2v) is 6.72. The van der Waals surface area contributed by atoms with E-state index < -0.39 is 23.2 Å². The van der Waals surface area contributed by atoms with Crippen LogP contribution in [0.25, 0.3) is 0 Å². The summed E-state index contributed by atoms with van der Waals surface area (Å²) in [7, 11) is 0. The minimum absolute atomic E-state index is 0.158. The van der Waals surface area contributed by atoms with E-state index in [1.165, 1.54) is 4.68 Å². The maximum atomic E-state index is 11.6. The Balaban J connectivity index is 1.98. The highest BCUT2D eigenvalue weighted by Crippen LogP contribution is 2.19. The van der Waals surface area contributed by atoms with Crippen LogP contribution in [0.5, 0.6) is 0 Å². The van der Waals surface area contributed by atoms with Crippen LogP contribution in [0, 0.1) is 10.1 Å². The summed E-state index contributed by atoms with van der Waals surface area (Å²) in [6.45, 7) is 5.53. The van der Waals surface area contributed by atoms with E-state index in [0.717, 1.165) is 17.3 Å². The molecule has 2 N–H and O–H groups in total. The van der Waals surface area contributed by atoms with E-state index in [9.17, 15) is 20.0 Å². The van der Waals surface area contributed by atoms with Crippen LogP contribution < -0.4 is 5.32 Å². The van der Waals surface area contributed by atoms with E-state index >= 15 is 0 Å². The van der Waals surface area contributed by atoms with Gasteiger partial charge in [-0.05, 0) is 31.9 Å². The molecule has 0 atom stereocenters. The highest BCUT2D eigenvalue weighted by atomic mass is 16.6. The van der Waals surface area contributed by atoms with Crippen LogP contribution in [0.3, 0.4) is 0 Å². The maximum absolute atomic E-state index is 11.6. The number of benzene rings is 1. The molecule has 140 valence electrons. The molecule has 0 radical (unpaired) electrons. The SMILES string of the molecule is CC(C)(C)OC(=O)NCc1ccc(Cn2ncc([N+](=O)[O-])c2CO)cc1. The number of aliphatic hydroxyl groups is 1. The zero-order valence-electron chi connectivity index (χ0n) is 14.9. The lowest BCUT2D eigenvalue weighted by Crippen LogP contribution is -2.32. The third kappa shape index (κ3) is 5.28. The van der Waals surface area contributed by atoms with Crippen molar-refractivity contribution in [3.8, 4) is 0 Å². The van der Waals surface area contributed by atoms with Crippen molar-refractivity contribution < 1.29 is 19.6 Å². The second kappa shape index (κ2) is 7.96. The number of amides is 1. The van der Waals surface area contributed by atoms with E-state index in [1.54, 1.807) is 20.8 Å². The number of nitro groups is 1. The molecule has 0 fully saturated rings. The van der Waals surface area contributed by atoms with Gasteiger partial charge in [-0.1, -0.05) is 24.3 Å². The second-order valence-electron chi connectivity index (χ2n) is 6.72. The molecule has 0 aliphatic rings. The fraction of sp³-hybridized carbons (Fsp3) is 0.412. The largest absolute Gasteiger partial charge is 0.444 e. The highest BCUT2D eigenvalue weighted by Gasteiger charge is 2.19. The summed E-state index contributed by atoms with van der Waals surface area (Å²) in [4.78, 5) is 22.0. The van der Waals surface area contributed by atoms with Gasteiger partial charge in [0.05, 0.1) is 18.1 Å². The number of nitrogens with zero attached hydrogens (tertiary/aromatic N) is 3. The van der Waals surface area contributed by atoms with Crippen molar-refractivity contribution in [1.82, 2.24) is 15.1 Å². The van der Waals surface area contributed by atoms with Crippen molar-refractivity contribution in [3.63, 3.8) is 0 Å². The van der Waals surface area contributed by atoms with Gasteiger partial charge in [0.15, 0.2) is 0 Å². The monoisotopic (exact) mass is 362 g/mol. The Bertz CT molecular complexity index is 777. The predicted octanol–water partition coefficient (Wildman–Crippen LogP) is 2.36. The number of hydrogen-bond acceptors (Lipinski definition) is 6. The van der Waals surface area contributed by atoms with Crippen molar-refractivity contribution in [2.75, 3.05) is 0 Å². The Morgan fingerprint density at radius 3 is 2.46 bits per heavy atom. The number of hydrogen-bond donors (Lipinski definition) is 2. The van der Waals surface area contributed by atoms with Crippen molar-refractivity contribution in [2.45, 2.75) is 46.1 Å². The minimum atomic E-state index is -0.569. The average Bonchev–Trinajstić information content (AvgIpc) is 2.95. The maximum Gasteiger partial charge on any atom is 0.407 e. The third-order valence-corrected chi connectivity index (χ3v) is 3.46. The van der Waals surface area contributed by atoms with Gasteiger partial charge >= 0.3 is 11.8 Å². The Kier molecular flexibility index (Phi) is 5.93. The van der Waals surface area contributed by atoms with Crippen LogP contribution in [0.4, 0.5) is 10.5 Å². The molecule has 1 amide bonds. The number of rotatable bonds is 6. The number of carbonyl (C=O) groups is 1. The van der Waals surface area contributed by atoms with Gasteiger partial charge < -0.3 is 15.2 Å². The Morgan fingerprint density at radius 1 is 1.31 bits per heavy atom. The predicted molar refractivity (Wildman–Crippen MR) is 93.4 cm³/mol. The van der Waals surface area contributed by atoms with Crippen LogP contribution in [0.2, 0.25) is 0 Å². The number of aromatic nitrogens is 2. The van der Waals surface area contributed by atoms with Gasteiger partial charge in [-0.3, -0.25) is 14.8 Å². The van der Waals surface area contributed by atoms with Crippen LogP contribution in [-0.2, 0) is 24.4 Å². The number of ether oxygens (including phenoxy) is 1. The summed E-state index contributed by atoms with van der Waals surface area (Å²) in [5.41, 5.74) is 1.15. The van der Waals surface area contributed by atoms with Crippen molar-refractivity contribution in [1.29, 1.82) is 0 Å². The molecule has 2 aromatic rings. The number of alkyl carbamates (subject to hydrolysis) is 1. The van der Waals surface area contributed by atoms with Gasteiger partial charge in [0, 0.05) is 6.54 Å². The Morgan fingerprint density at radius 2 is 1.92 bits per heavy atom. The van der Waals surface area contributed by atoms with Gasteiger partial charge in [0.1, 0.15) is 17.5 Å². The summed E-state index contributed by atoms with van der Waals surface area (Å²) >= 11 is 0. The molecule has 0 spiro atoms. The standard InChI is InChI=1S/C17H22N4O5/c1-17(2,3)26-16(23)18-8-12-4-6-13(7-5-12)10-20-15(11-22)14(9-19-20)21(24)25/h4-7,9,22H,8,10-11H2,1-3H3,(H,18,23). The number of nitrogens with one attached hydrogen (secondary N) is 1. The van der Waals surface area contributed by atoms with Gasteiger partial charge in [0.2, 0.25) is 0 Å². The normalized spacial score (nSPS) is 11.2. The smallest absolute Gasteiger partial charge is 0.407 e. The molecule has 9 nitrogen and oxygen atoms in total. The van der Waals surface area contributed by atoms with E-state index in [2.05, 4.69) is 10.4 Å². The van der Waals surface area contributed by atoms with E-state index in [0.29, 0.717) is 13.1 Å². The van der Waals surface area contributed by atoms with Crippen molar-refractivity contribution >= 4 is 11.8 Å². The third-order valence-electron chi connectivity index (χ3n) is 3.46. The molecule has 0 bridgehead atoms. The summed E-state index contributed by atoms with van der Waals surface area (Å²) in [6.07, 6.45) is 0.642. The molecular formula is C17H22N4O5. The Labute approximate surface area is 150 Å². The number of aliphatic hydroxyl groups excluding tert-OH is 1. The number of carbonyl (C=O) groups excluding carboxylic acids is 1. The summed E-state index contributed by atoms with van der Waals surface area (Å²) in [5, 5.41) is 26.9. The topological polar surface area (TPSA) is 120 Å². The van der Waals surface area contributed by atoms with E-state index in [1.807, 2.05) is 24.3 Å². The fourth-order valence-electron chi connectivity index (χ4n) is 2.28.